The summed E-state index contributed by atoms with van der Waals surface area (Å²) in [6.07, 6.45) is 1.71. The molecule has 1 aliphatic rings. The second-order valence-electron chi connectivity index (χ2n) is 9.69. The van der Waals surface area contributed by atoms with Crippen molar-refractivity contribution in [1.29, 1.82) is 5.26 Å². The SMILES string of the molecule is COc1c(F)c(C(=O)O)cc2c1nc(CN1CCC(c3cccc(OCc4ccc(C#N)cc4F)n3)CC1)n2C. The van der Waals surface area contributed by atoms with Crippen LogP contribution in [0.25, 0.3) is 11.0 Å². The predicted molar refractivity (Wildman–Crippen MR) is 141 cm³/mol. The minimum atomic E-state index is -1.37. The Morgan fingerprint density at radius 3 is 2.62 bits per heavy atom. The molecule has 206 valence electrons. The van der Waals surface area contributed by atoms with E-state index >= 15 is 0 Å². The van der Waals surface area contributed by atoms with Gasteiger partial charge in [0.2, 0.25) is 5.88 Å². The lowest BCUT2D eigenvalue weighted by Gasteiger charge is -2.31. The first kappa shape index (κ1) is 27.0. The number of aryl methyl sites for hydroxylation is 1. The van der Waals surface area contributed by atoms with E-state index in [2.05, 4.69) is 14.9 Å². The smallest absolute Gasteiger partial charge is 0.338 e. The highest BCUT2D eigenvalue weighted by molar-refractivity contribution is 5.95. The molecule has 3 heterocycles. The Labute approximate surface area is 229 Å². The molecule has 0 spiro atoms. The molecule has 2 aromatic carbocycles. The Bertz CT molecular complexity index is 1620. The molecule has 4 aromatic rings. The Morgan fingerprint density at radius 1 is 1.18 bits per heavy atom. The van der Waals surface area contributed by atoms with Gasteiger partial charge in [0, 0.05) is 30.3 Å². The molecular formula is C29H27F2N5O4. The van der Waals surface area contributed by atoms with E-state index in [4.69, 9.17) is 14.7 Å². The number of halogens is 2. The number of methoxy groups -OCH3 is 1. The standard InChI is InChI=1S/C29H27F2N5O4/c1-35-23-13-20(29(37)38)26(31)28(39-2)27(23)34-24(35)15-36-10-8-18(9-11-36)22-4-3-5-25(33-22)40-16-19-7-6-17(14-32)12-21(19)30/h3-7,12-13,18H,8-11,15-16H2,1-2H3,(H,37,38). The van der Waals surface area contributed by atoms with Crippen LogP contribution in [0, 0.1) is 23.0 Å². The minimum Gasteiger partial charge on any atom is -0.491 e. The van der Waals surface area contributed by atoms with Gasteiger partial charge in [-0.05, 0) is 50.2 Å². The summed E-state index contributed by atoms with van der Waals surface area (Å²) < 4.78 is 41.5. The number of nitriles is 1. The zero-order valence-corrected chi connectivity index (χ0v) is 22.0. The number of ether oxygens (including phenoxy) is 2. The lowest BCUT2D eigenvalue weighted by Crippen LogP contribution is -2.33. The Balaban J connectivity index is 1.23. The highest BCUT2D eigenvalue weighted by Gasteiger charge is 2.26. The zero-order valence-electron chi connectivity index (χ0n) is 22.0. The maximum absolute atomic E-state index is 14.7. The number of aromatic nitrogens is 3. The van der Waals surface area contributed by atoms with E-state index in [1.54, 1.807) is 23.7 Å². The van der Waals surface area contributed by atoms with Crippen molar-refractivity contribution in [2.75, 3.05) is 20.2 Å². The van der Waals surface area contributed by atoms with Crippen LogP contribution in [-0.4, -0.2) is 50.7 Å². The predicted octanol–water partition coefficient (Wildman–Crippen LogP) is 4.78. The molecule has 0 atom stereocenters. The monoisotopic (exact) mass is 547 g/mol. The number of hydrogen-bond donors (Lipinski definition) is 1. The van der Waals surface area contributed by atoms with Gasteiger partial charge in [-0.3, -0.25) is 4.90 Å². The van der Waals surface area contributed by atoms with Gasteiger partial charge in [0.25, 0.3) is 0 Å². The highest BCUT2D eigenvalue weighted by Crippen LogP contribution is 2.33. The summed E-state index contributed by atoms with van der Waals surface area (Å²) in [4.78, 5) is 23.0. The van der Waals surface area contributed by atoms with Gasteiger partial charge in [-0.25, -0.2) is 23.5 Å². The third kappa shape index (κ3) is 5.31. The topological polar surface area (TPSA) is 114 Å². The lowest BCUT2D eigenvalue weighted by atomic mass is 9.93. The Kier molecular flexibility index (Phi) is 7.62. The zero-order chi connectivity index (χ0) is 28.4. The van der Waals surface area contributed by atoms with Crippen molar-refractivity contribution < 1.29 is 28.2 Å². The number of hydrogen-bond acceptors (Lipinski definition) is 7. The number of carboxylic acid groups (broad SMARTS) is 1. The molecule has 1 aliphatic heterocycles. The van der Waals surface area contributed by atoms with E-state index in [1.807, 2.05) is 18.2 Å². The Morgan fingerprint density at radius 2 is 1.95 bits per heavy atom. The first-order valence-corrected chi connectivity index (χ1v) is 12.7. The number of likely N-dealkylation sites (tertiary alicyclic amines) is 1. The number of carboxylic acids is 1. The van der Waals surface area contributed by atoms with Gasteiger partial charge in [0.05, 0.1) is 30.8 Å². The summed E-state index contributed by atoms with van der Waals surface area (Å²) >= 11 is 0. The summed E-state index contributed by atoms with van der Waals surface area (Å²) in [6.45, 7) is 2.08. The van der Waals surface area contributed by atoms with Crippen LogP contribution in [0.5, 0.6) is 11.6 Å². The van der Waals surface area contributed by atoms with Crippen molar-refractivity contribution in [2.24, 2.45) is 7.05 Å². The van der Waals surface area contributed by atoms with Crippen LogP contribution in [0.1, 0.15) is 51.8 Å². The van der Waals surface area contributed by atoms with Gasteiger partial charge >= 0.3 is 5.97 Å². The van der Waals surface area contributed by atoms with Crippen molar-refractivity contribution in [2.45, 2.75) is 31.9 Å². The molecule has 0 radical (unpaired) electrons. The summed E-state index contributed by atoms with van der Waals surface area (Å²) in [7, 11) is 3.07. The number of piperidine rings is 1. The lowest BCUT2D eigenvalue weighted by molar-refractivity contribution is 0.0691. The van der Waals surface area contributed by atoms with Crippen molar-refractivity contribution in [3.63, 3.8) is 0 Å². The fourth-order valence-corrected chi connectivity index (χ4v) is 5.01. The number of pyridine rings is 1. The quantitative estimate of drug-likeness (QED) is 0.335. The maximum atomic E-state index is 14.7. The largest absolute Gasteiger partial charge is 0.491 e. The van der Waals surface area contributed by atoms with Gasteiger partial charge in [-0.2, -0.15) is 5.26 Å². The molecule has 0 bridgehead atoms. The van der Waals surface area contributed by atoms with E-state index in [-0.39, 0.29) is 23.8 Å². The van der Waals surface area contributed by atoms with E-state index < -0.39 is 23.2 Å². The molecule has 1 N–H and O–H groups in total. The number of imidazole rings is 1. The van der Waals surface area contributed by atoms with Crippen molar-refractivity contribution in [3.05, 3.63) is 82.3 Å². The molecule has 0 unspecified atom stereocenters. The molecular weight excluding hydrogens is 520 g/mol. The van der Waals surface area contributed by atoms with E-state index in [1.165, 1.54) is 25.3 Å². The second kappa shape index (κ2) is 11.3. The number of carbonyl (C=O) groups is 1. The van der Waals surface area contributed by atoms with Crippen molar-refractivity contribution in [1.82, 2.24) is 19.4 Å². The van der Waals surface area contributed by atoms with Crippen LogP contribution in [0.3, 0.4) is 0 Å². The van der Waals surface area contributed by atoms with Crippen LogP contribution in [0.4, 0.5) is 8.78 Å². The van der Waals surface area contributed by atoms with Gasteiger partial charge < -0.3 is 19.1 Å². The van der Waals surface area contributed by atoms with Gasteiger partial charge in [0.15, 0.2) is 11.6 Å². The average molecular weight is 548 g/mol. The Hall–Kier alpha value is -4.56. The van der Waals surface area contributed by atoms with Crippen molar-refractivity contribution >= 4 is 17.0 Å². The molecule has 1 saturated heterocycles. The van der Waals surface area contributed by atoms with Crippen LogP contribution >= 0.6 is 0 Å². The molecule has 1 fully saturated rings. The fourth-order valence-electron chi connectivity index (χ4n) is 5.01. The fraction of sp³-hybridized carbons (Fsp3) is 0.310. The first-order valence-electron chi connectivity index (χ1n) is 12.7. The molecule has 0 aliphatic carbocycles. The molecule has 11 heteroatoms. The molecule has 2 aromatic heterocycles. The van der Waals surface area contributed by atoms with Crippen LogP contribution in [0.15, 0.2) is 42.5 Å². The number of rotatable bonds is 8. The van der Waals surface area contributed by atoms with Crippen LogP contribution < -0.4 is 9.47 Å². The second-order valence-corrected chi connectivity index (χ2v) is 9.69. The minimum absolute atomic E-state index is 0.00704. The summed E-state index contributed by atoms with van der Waals surface area (Å²) in [5.41, 5.74) is 1.83. The van der Waals surface area contributed by atoms with Crippen LogP contribution in [0.2, 0.25) is 0 Å². The molecule has 0 saturated carbocycles. The first-order chi connectivity index (χ1) is 19.3. The molecule has 0 amide bonds. The molecule has 5 rings (SSSR count). The summed E-state index contributed by atoms with van der Waals surface area (Å²) in [5.74, 6) is -1.66. The number of aromatic carboxylic acids is 1. The van der Waals surface area contributed by atoms with Gasteiger partial charge in [-0.1, -0.05) is 12.1 Å². The normalized spacial score (nSPS) is 14.3. The van der Waals surface area contributed by atoms with Gasteiger partial charge in [0.1, 0.15) is 29.3 Å². The average Bonchev–Trinajstić information content (AvgIpc) is 3.26. The van der Waals surface area contributed by atoms with E-state index in [9.17, 15) is 18.7 Å². The molecule has 40 heavy (non-hydrogen) atoms. The number of nitrogens with zero attached hydrogens (tertiary/aromatic N) is 5. The third-order valence-electron chi connectivity index (χ3n) is 7.27. The maximum Gasteiger partial charge on any atom is 0.338 e. The molecule has 9 nitrogen and oxygen atoms in total. The van der Waals surface area contributed by atoms with Gasteiger partial charge in [-0.15, -0.1) is 0 Å². The highest BCUT2D eigenvalue weighted by atomic mass is 19.1. The third-order valence-corrected chi connectivity index (χ3v) is 7.27. The van der Waals surface area contributed by atoms with E-state index in [0.717, 1.165) is 31.6 Å². The summed E-state index contributed by atoms with van der Waals surface area (Å²) in [6, 6.07) is 13.0. The van der Waals surface area contributed by atoms with Crippen molar-refractivity contribution in [3.8, 4) is 17.7 Å². The summed E-state index contributed by atoms with van der Waals surface area (Å²) in [5, 5.41) is 18.3. The number of benzene rings is 2. The van der Waals surface area contributed by atoms with Crippen LogP contribution in [-0.2, 0) is 20.2 Å². The van der Waals surface area contributed by atoms with E-state index in [0.29, 0.717) is 34.8 Å². The number of fused-ring (bicyclic) bond motifs is 1.